The van der Waals surface area contributed by atoms with Gasteiger partial charge in [-0.25, -0.2) is 4.79 Å². The summed E-state index contributed by atoms with van der Waals surface area (Å²) < 4.78 is 15.1. The molecule has 0 heterocycles. The van der Waals surface area contributed by atoms with Crippen molar-refractivity contribution in [1.82, 2.24) is 5.32 Å². The number of amides is 1. The Bertz CT molecular complexity index is 849. The lowest BCUT2D eigenvalue weighted by Gasteiger charge is -2.10. The van der Waals surface area contributed by atoms with E-state index < -0.39 is 5.97 Å². The summed E-state index contributed by atoms with van der Waals surface area (Å²) in [6.07, 6.45) is 2.10. The largest absolute Gasteiger partial charge is 0.493 e. The molecule has 0 bridgehead atoms. The van der Waals surface area contributed by atoms with Gasteiger partial charge in [-0.1, -0.05) is 23.4 Å². The minimum absolute atomic E-state index is 0.192. The number of hydrogen-bond donors (Lipinski definition) is 1. The summed E-state index contributed by atoms with van der Waals surface area (Å²) in [6.45, 7) is 0.263. The molecule has 0 aliphatic carbocycles. The summed E-state index contributed by atoms with van der Waals surface area (Å²) >= 11 is 0. The van der Waals surface area contributed by atoms with Crippen LogP contribution in [0.5, 0.6) is 11.5 Å². The fourth-order valence-electron chi connectivity index (χ4n) is 2.45. The van der Waals surface area contributed by atoms with Crippen LogP contribution < -0.4 is 14.8 Å². The van der Waals surface area contributed by atoms with Crippen LogP contribution in [0.2, 0.25) is 0 Å². The number of nitrogens with one attached hydrogen (secondary N) is 1. The highest BCUT2D eigenvalue weighted by Crippen LogP contribution is 2.27. The molecule has 0 aromatic heterocycles. The third-order valence-corrected chi connectivity index (χ3v) is 3.99. The van der Waals surface area contributed by atoms with E-state index in [1.54, 1.807) is 38.5 Å². The van der Waals surface area contributed by atoms with Gasteiger partial charge in [0.2, 0.25) is 0 Å². The maximum absolute atomic E-state index is 11.8. The van der Waals surface area contributed by atoms with Crippen molar-refractivity contribution < 1.29 is 28.6 Å². The highest BCUT2D eigenvalue weighted by Gasteiger charge is 2.06. The van der Waals surface area contributed by atoms with Gasteiger partial charge in [-0.05, 0) is 41.8 Å². The van der Waals surface area contributed by atoms with Gasteiger partial charge in [0.1, 0.15) is 0 Å². The number of benzene rings is 2. The summed E-state index contributed by atoms with van der Waals surface area (Å²) in [4.78, 5) is 28.2. The Balaban J connectivity index is 1.70. The molecular weight excluding hydrogens is 376 g/mol. The second-order valence-corrected chi connectivity index (χ2v) is 5.91. The van der Waals surface area contributed by atoms with Crippen LogP contribution >= 0.6 is 0 Å². The molecule has 0 atom stereocenters. The van der Waals surface area contributed by atoms with Gasteiger partial charge in [0.15, 0.2) is 18.1 Å². The number of rotatable bonds is 10. The van der Waals surface area contributed by atoms with Gasteiger partial charge in [-0.15, -0.1) is 0 Å². The Hall–Kier alpha value is -3.55. The molecule has 2 aromatic rings. The van der Waals surface area contributed by atoms with Crippen molar-refractivity contribution in [3.63, 3.8) is 0 Å². The van der Waals surface area contributed by atoms with E-state index in [0.29, 0.717) is 30.0 Å². The van der Waals surface area contributed by atoms with Crippen LogP contribution in [-0.4, -0.2) is 52.6 Å². The summed E-state index contributed by atoms with van der Waals surface area (Å²) in [5.41, 5.74) is 2.18. The molecule has 154 valence electrons. The second kappa shape index (κ2) is 11.3. The van der Waals surface area contributed by atoms with Gasteiger partial charge in [0.25, 0.3) is 5.91 Å². The molecule has 0 saturated heterocycles. The lowest BCUT2D eigenvalue weighted by atomic mass is 10.1. The van der Waals surface area contributed by atoms with E-state index in [4.69, 9.17) is 14.3 Å². The van der Waals surface area contributed by atoms with Crippen LogP contribution in [0, 0.1) is 0 Å². The predicted octanol–water partition coefficient (Wildman–Crippen LogP) is 2.20. The van der Waals surface area contributed by atoms with E-state index >= 15 is 0 Å². The molecule has 1 amide bonds. The number of hydrogen-bond acceptors (Lipinski definition) is 7. The number of esters is 1. The molecule has 0 fully saturated rings. The number of methoxy groups -OCH3 is 3. The average molecular weight is 400 g/mol. The van der Waals surface area contributed by atoms with Crippen molar-refractivity contribution in [1.29, 1.82) is 0 Å². The first-order chi connectivity index (χ1) is 14.1. The summed E-state index contributed by atoms with van der Waals surface area (Å²) in [6, 6.07) is 12.2. The standard InChI is InChI=1S/C21H24N2O6/c1-26-18-9-6-15(12-19(18)27-2)10-11-22-20(24)14-29-23-13-16-4-7-17(8-5-16)21(25)28-3/h4-9,12-13H,10-11,14H2,1-3H3,(H,22,24)/b23-13-. The van der Waals surface area contributed by atoms with E-state index in [-0.39, 0.29) is 12.5 Å². The number of oxime groups is 1. The van der Waals surface area contributed by atoms with Crippen LogP contribution in [0.25, 0.3) is 0 Å². The van der Waals surface area contributed by atoms with Crippen molar-refractivity contribution in [2.75, 3.05) is 34.5 Å². The molecule has 0 aliphatic heterocycles. The zero-order valence-electron chi connectivity index (χ0n) is 16.6. The zero-order chi connectivity index (χ0) is 21.1. The smallest absolute Gasteiger partial charge is 0.337 e. The molecule has 29 heavy (non-hydrogen) atoms. The van der Waals surface area contributed by atoms with E-state index in [1.807, 2.05) is 18.2 Å². The number of ether oxygens (including phenoxy) is 3. The molecular formula is C21H24N2O6. The summed E-state index contributed by atoms with van der Waals surface area (Å²) in [7, 11) is 4.48. The molecule has 2 rings (SSSR count). The minimum atomic E-state index is -0.408. The molecule has 1 N–H and O–H groups in total. The van der Waals surface area contributed by atoms with Gasteiger partial charge in [-0.3, -0.25) is 4.79 Å². The van der Waals surface area contributed by atoms with Gasteiger partial charge in [0.05, 0.1) is 33.1 Å². The molecule has 2 aromatic carbocycles. The first-order valence-corrected chi connectivity index (χ1v) is 8.88. The van der Waals surface area contributed by atoms with Crippen molar-refractivity contribution >= 4 is 18.1 Å². The van der Waals surface area contributed by atoms with Gasteiger partial charge in [0, 0.05) is 6.54 Å². The van der Waals surface area contributed by atoms with Crippen molar-refractivity contribution in [2.45, 2.75) is 6.42 Å². The monoisotopic (exact) mass is 400 g/mol. The Morgan fingerprint density at radius 3 is 2.38 bits per heavy atom. The third kappa shape index (κ3) is 6.84. The van der Waals surface area contributed by atoms with Crippen LogP contribution in [0.3, 0.4) is 0 Å². The molecule has 0 aliphatic rings. The lowest BCUT2D eigenvalue weighted by molar-refractivity contribution is -0.125. The normalized spacial score (nSPS) is 10.4. The third-order valence-electron chi connectivity index (χ3n) is 3.99. The van der Waals surface area contributed by atoms with Gasteiger partial charge >= 0.3 is 5.97 Å². The quantitative estimate of drug-likeness (QED) is 0.373. The Labute approximate surface area is 169 Å². The van der Waals surface area contributed by atoms with E-state index in [0.717, 1.165) is 11.1 Å². The number of carbonyl (C=O) groups is 2. The van der Waals surface area contributed by atoms with Crippen molar-refractivity contribution in [3.8, 4) is 11.5 Å². The Kier molecular flexibility index (Phi) is 8.50. The van der Waals surface area contributed by atoms with Crippen LogP contribution in [0.4, 0.5) is 0 Å². The highest BCUT2D eigenvalue weighted by molar-refractivity contribution is 5.90. The summed E-state index contributed by atoms with van der Waals surface area (Å²) in [5, 5.41) is 6.51. The highest BCUT2D eigenvalue weighted by atomic mass is 16.6. The maximum atomic E-state index is 11.8. The number of carbonyl (C=O) groups excluding carboxylic acids is 2. The van der Waals surface area contributed by atoms with Gasteiger partial charge < -0.3 is 24.4 Å². The SMILES string of the molecule is COC(=O)c1ccc(/C=N\OCC(=O)NCCc2ccc(OC)c(OC)c2)cc1. The van der Waals surface area contributed by atoms with Crippen LogP contribution in [-0.2, 0) is 20.8 Å². The van der Waals surface area contributed by atoms with Gasteiger partial charge in [-0.2, -0.15) is 0 Å². The topological polar surface area (TPSA) is 95.5 Å². The average Bonchev–Trinajstić information content (AvgIpc) is 2.76. The first-order valence-electron chi connectivity index (χ1n) is 8.88. The summed E-state index contributed by atoms with van der Waals surface area (Å²) in [5.74, 6) is 0.623. The Morgan fingerprint density at radius 2 is 1.72 bits per heavy atom. The molecule has 8 heteroatoms. The lowest BCUT2D eigenvalue weighted by Crippen LogP contribution is -2.28. The molecule has 0 spiro atoms. The van der Waals surface area contributed by atoms with E-state index in [9.17, 15) is 9.59 Å². The fraction of sp³-hybridized carbons (Fsp3) is 0.286. The molecule has 0 saturated carbocycles. The predicted molar refractivity (Wildman–Crippen MR) is 108 cm³/mol. The second-order valence-electron chi connectivity index (χ2n) is 5.91. The molecule has 8 nitrogen and oxygen atoms in total. The maximum Gasteiger partial charge on any atom is 0.337 e. The van der Waals surface area contributed by atoms with E-state index in [2.05, 4.69) is 15.2 Å². The van der Waals surface area contributed by atoms with Crippen LogP contribution in [0.15, 0.2) is 47.6 Å². The number of nitrogens with zero attached hydrogens (tertiary/aromatic N) is 1. The van der Waals surface area contributed by atoms with Crippen molar-refractivity contribution in [2.24, 2.45) is 5.16 Å². The molecule has 0 radical (unpaired) electrons. The minimum Gasteiger partial charge on any atom is -0.493 e. The fourth-order valence-corrected chi connectivity index (χ4v) is 2.45. The Morgan fingerprint density at radius 1 is 1.00 bits per heavy atom. The van der Waals surface area contributed by atoms with Crippen molar-refractivity contribution in [3.05, 3.63) is 59.2 Å². The molecule has 0 unspecified atom stereocenters. The first kappa shape index (κ1) is 21.7. The zero-order valence-corrected chi connectivity index (χ0v) is 16.6. The van der Waals surface area contributed by atoms with E-state index in [1.165, 1.54) is 13.3 Å². The van der Waals surface area contributed by atoms with Crippen LogP contribution in [0.1, 0.15) is 21.5 Å².